The van der Waals surface area contributed by atoms with Crippen LogP contribution >= 0.6 is 0 Å². The number of pyridine rings is 1. The highest BCUT2D eigenvalue weighted by molar-refractivity contribution is 5.24. The molecule has 0 radical (unpaired) electrons. The van der Waals surface area contributed by atoms with Crippen molar-refractivity contribution >= 4 is 0 Å². The van der Waals surface area contributed by atoms with Crippen LogP contribution in [0.15, 0.2) is 42.7 Å². The Morgan fingerprint density at radius 1 is 1.10 bits per heavy atom. The maximum atomic E-state index is 4.34. The van der Waals surface area contributed by atoms with E-state index >= 15 is 0 Å². The van der Waals surface area contributed by atoms with Crippen molar-refractivity contribution in [1.82, 2.24) is 10.3 Å². The van der Waals surface area contributed by atoms with Gasteiger partial charge < -0.3 is 5.32 Å². The van der Waals surface area contributed by atoms with Crippen molar-refractivity contribution in [2.45, 2.75) is 46.1 Å². The molecular formula is C19H26N2. The van der Waals surface area contributed by atoms with Gasteiger partial charge in [-0.05, 0) is 56.3 Å². The number of aromatic nitrogens is 1. The summed E-state index contributed by atoms with van der Waals surface area (Å²) in [7, 11) is 0. The molecule has 0 aliphatic carbocycles. The number of nitrogens with one attached hydrogen (secondary N) is 1. The molecule has 0 bridgehead atoms. The van der Waals surface area contributed by atoms with Gasteiger partial charge in [-0.2, -0.15) is 0 Å². The molecule has 2 nitrogen and oxygen atoms in total. The second-order valence-corrected chi connectivity index (χ2v) is 5.83. The van der Waals surface area contributed by atoms with Gasteiger partial charge in [-0.1, -0.05) is 42.8 Å². The zero-order valence-electron chi connectivity index (χ0n) is 13.4. The molecule has 0 aliphatic heterocycles. The summed E-state index contributed by atoms with van der Waals surface area (Å²) in [4.78, 5) is 4.34. The number of nitrogens with zero attached hydrogens (tertiary/aromatic N) is 1. The molecule has 2 rings (SSSR count). The number of hydrogen-bond donors (Lipinski definition) is 1. The van der Waals surface area contributed by atoms with E-state index in [2.05, 4.69) is 61.4 Å². The SMILES string of the molecule is CCCNC(CCc1cccc(C)c1)c1cncc(C)c1. The van der Waals surface area contributed by atoms with Crippen LogP contribution in [0.4, 0.5) is 0 Å². The molecule has 2 heteroatoms. The van der Waals surface area contributed by atoms with Crippen molar-refractivity contribution in [3.63, 3.8) is 0 Å². The van der Waals surface area contributed by atoms with Gasteiger partial charge in [0.2, 0.25) is 0 Å². The van der Waals surface area contributed by atoms with Crippen LogP contribution < -0.4 is 5.32 Å². The number of benzene rings is 1. The quantitative estimate of drug-likeness (QED) is 0.815. The Morgan fingerprint density at radius 3 is 2.67 bits per heavy atom. The van der Waals surface area contributed by atoms with Crippen LogP contribution in [0.5, 0.6) is 0 Å². The molecule has 0 aliphatic rings. The first-order valence-corrected chi connectivity index (χ1v) is 7.89. The Morgan fingerprint density at radius 2 is 1.95 bits per heavy atom. The normalized spacial score (nSPS) is 12.3. The first-order chi connectivity index (χ1) is 10.2. The second-order valence-electron chi connectivity index (χ2n) is 5.83. The smallest absolute Gasteiger partial charge is 0.0338 e. The average Bonchev–Trinajstić information content (AvgIpc) is 2.47. The van der Waals surface area contributed by atoms with Crippen LogP contribution in [0.1, 0.15) is 48.1 Å². The molecule has 0 amide bonds. The lowest BCUT2D eigenvalue weighted by atomic mass is 9.98. The largest absolute Gasteiger partial charge is 0.310 e. The predicted octanol–water partition coefficient (Wildman–Crippen LogP) is 4.37. The van der Waals surface area contributed by atoms with Crippen LogP contribution in [-0.4, -0.2) is 11.5 Å². The third kappa shape index (κ3) is 4.98. The molecule has 1 N–H and O–H groups in total. The molecule has 1 aromatic heterocycles. The molecule has 1 atom stereocenters. The minimum absolute atomic E-state index is 0.387. The number of rotatable bonds is 7. The molecule has 1 heterocycles. The summed E-state index contributed by atoms with van der Waals surface area (Å²) in [6.45, 7) is 7.51. The van der Waals surface area contributed by atoms with Gasteiger partial charge in [0.15, 0.2) is 0 Å². The fourth-order valence-corrected chi connectivity index (χ4v) is 2.65. The average molecular weight is 282 g/mol. The monoisotopic (exact) mass is 282 g/mol. The van der Waals surface area contributed by atoms with Crippen molar-refractivity contribution in [1.29, 1.82) is 0 Å². The van der Waals surface area contributed by atoms with Gasteiger partial charge >= 0.3 is 0 Å². The Bertz CT molecular complexity index is 563. The van der Waals surface area contributed by atoms with E-state index in [9.17, 15) is 0 Å². The molecule has 112 valence electrons. The van der Waals surface area contributed by atoms with Crippen molar-refractivity contribution < 1.29 is 0 Å². The highest BCUT2D eigenvalue weighted by atomic mass is 14.9. The van der Waals surface area contributed by atoms with Gasteiger partial charge in [0, 0.05) is 18.4 Å². The Hall–Kier alpha value is -1.67. The molecule has 1 aromatic carbocycles. The zero-order valence-corrected chi connectivity index (χ0v) is 13.4. The van der Waals surface area contributed by atoms with E-state index in [0.717, 1.165) is 25.8 Å². The van der Waals surface area contributed by atoms with Crippen molar-refractivity contribution in [2.75, 3.05) is 6.54 Å². The van der Waals surface area contributed by atoms with Gasteiger partial charge in [0.1, 0.15) is 0 Å². The molecule has 0 spiro atoms. The Labute approximate surface area is 128 Å². The van der Waals surface area contributed by atoms with Gasteiger partial charge in [-0.15, -0.1) is 0 Å². The third-order valence-corrected chi connectivity index (χ3v) is 3.74. The minimum atomic E-state index is 0.387. The van der Waals surface area contributed by atoms with Gasteiger partial charge in [0.05, 0.1) is 0 Å². The Kier molecular flexibility index (Phi) is 5.94. The van der Waals surface area contributed by atoms with E-state index in [-0.39, 0.29) is 0 Å². The summed E-state index contributed by atoms with van der Waals surface area (Å²) in [6, 6.07) is 11.4. The van der Waals surface area contributed by atoms with Gasteiger partial charge in [-0.3, -0.25) is 4.98 Å². The topological polar surface area (TPSA) is 24.9 Å². The molecule has 1 unspecified atom stereocenters. The van der Waals surface area contributed by atoms with Crippen LogP contribution in [-0.2, 0) is 6.42 Å². The lowest BCUT2D eigenvalue weighted by Crippen LogP contribution is -2.23. The van der Waals surface area contributed by atoms with E-state index in [4.69, 9.17) is 0 Å². The fourth-order valence-electron chi connectivity index (χ4n) is 2.65. The van der Waals surface area contributed by atoms with E-state index in [1.165, 1.54) is 22.3 Å². The minimum Gasteiger partial charge on any atom is -0.310 e. The summed E-state index contributed by atoms with van der Waals surface area (Å²) >= 11 is 0. The summed E-state index contributed by atoms with van der Waals surface area (Å²) < 4.78 is 0. The third-order valence-electron chi connectivity index (χ3n) is 3.74. The molecule has 0 saturated carbocycles. The number of hydrogen-bond acceptors (Lipinski definition) is 2. The first kappa shape index (κ1) is 15.7. The predicted molar refractivity (Wildman–Crippen MR) is 89.5 cm³/mol. The Balaban J connectivity index is 2.06. The highest BCUT2D eigenvalue weighted by Gasteiger charge is 2.11. The standard InChI is InChI=1S/C19H26N2/c1-4-10-21-19(18-12-16(3)13-20-14-18)9-8-17-7-5-6-15(2)11-17/h5-7,11-14,19,21H,4,8-10H2,1-3H3. The van der Waals surface area contributed by atoms with Gasteiger partial charge in [-0.25, -0.2) is 0 Å². The van der Waals surface area contributed by atoms with Crippen LogP contribution in [0, 0.1) is 13.8 Å². The molecule has 21 heavy (non-hydrogen) atoms. The maximum absolute atomic E-state index is 4.34. The molecule has 2 aromatic rings. The fraction of sp³-hybridized carbons (Fsp3) is 0.421. The van der Waals surface area contributed by atoms with E-state index in [0.29, 0.717) is 6.04 Å². The lowest BCUT2D eigenvalue weighted by Gasteiger charge is -2.19. The maximum Gasteiger partial charge on any atom is 0.0338 e. The van der Waals surface area contributed by atoms with Crippen molar-refractivity contribution in [3.05, 3.63) is 65.0 Å². The summed E-state index contributed by atoms with van der Waals surface area (Å²) in [5, 5.41) is 3.66. The van der Waals surface area contributed by atoms with E-state index in [1.54, 1.807) is 0 Å². The van der Waals surface area contributed by atoms with Crippen molar-refractivity contribution in [2.24, 2.45) is 0 Å². The molecule has 0 fully saturated rings. The molecule has 0 saturated heterocycles. The van der Waals surface area contributed by atoms with Crippen LogP contribution in [0.2, 0.25) is 0 Å². The van der Waals surface area contributed by atoms with E-state index < -0.39 is 0 Å². The summed E-state index contributed by atoms with van der Waals surface area (Å²) in [6.07, 6.45) is 7.27. The highest BCUT2D eigenvalue weighted by Crippen LogP contribution is 2.20. The summed E-state index contributed by atoms with van der Waals surface area (Å²) in [5.41, 5.74) is 5.28. The molecular weight excluding hydrogens is 256 g/mol. The second kappa shape index (κ2) is 7.94. The van der Waals surface area contributed by atoms with E-state index in [1.807, 2.05) is 12.4 Å². The van der Waals surface area contributed by atoms with Gasteiger partial charge in [0.25, 0.3) is 0 Å². The zero-order chi connectivity index (χ0) is 15.1. The summed E-state index contributed by atoms with van der Waals surface area (Å²) in [5.74, 6) is 0. The first-order valence-electron chi connectivity index (χ1n) is 7.89. The lowest BCUT2D eigenvalue weighted by molar-refractivity contribution is 0.498. The van der Waals surface area contributed by atoms with Crippen molar-refractivity contribution in [3.8, 4) is 0 Å². The van der Waals surface area contributed by atoms with Crippen LogP contribution in [0.3, 0.4) is 0 Å². The van der Waals surface area contributed by atoms with Crippen LogP contribution in [0.25, 0.3) is 0 Å². The number of aryl methyl sites for hydroxylation is 3.